The first kappa shape index (κ1) is 13.8. The van der Waals surface area contributed by atoms with Gasteiger partial charge in [-0.05, 0) is 44.0 Å². The maximum atomic E-state index is 12.6. The van der Waals surface area contributed by atoms with Gasteiger partial charge in [0.05, 0.1) is 12.7 Å². The monoisotopic (exact) mass is 247 g/mol. The summed E-state index contributed by atoms with van der Waals surface area (Å²) in [7, 11) is 1.43. The highest BCUT2D eigenvalue weighted by molar-refractivity contribution is 5.39. The molecule has 0 aromatic heterocycles. The highest BCUT2D eigenvalue weighted by Gasteiger charge is 2.31. The maximum Gasteiger partial charge on any atom is 0.416 e. The van der Waals surface area contributed by atoms with Crippen molar-refractivity contribution < 1.29 is 17.9 Å². The average molecular weight is 247 g/mol. The van der Waals surface area contributed by atoms with E-state index in [0.29, 0.717) is 17.7 Å². The van der Waals surface area contributed by atoms with E-state index >= 15 is 0 Å². The SMILES string of the molecule is COc1ccc(C(F)(F)F)cc1CC(C)(C)N. The van der Waals surface area contributed by atoms with Crippen LogP contribution in [0.3, 0.4) is 0 Å². The molecule has 0 saturated carbocycles. The molecule has 0 bridgehead atoms. The third-order valence-corrected chi connectivity index (χ3v) is 2.25. The Morgan fingerprint density at radius 2 is 1.82 bits per heavy atom. The first-order valence-corrected chi connectivity index (χ1v) is 5.16. The van der Waals surface area contributed by atoms with Crippen LogP contribution in [0.25, 0.3) is 0 Å². The van der Waals surface area contributed by atoms with E-state index < -0.39 is 17.3 Å². The molecule has 0 atom stereocenters. The van der Waals surface area contributed by atoms with Gasteiger partial charge in [-0.2, -0.15) is 13.2 Å². The molecule has 1 aromatic carbocycles. The maximum absolute atomic E-state index is 12.6. The molecule has 0 heterocycles. The molecule has 5 heteroatoms. The van der Waals surface area contributed by atoms with Crippen LogP contribution in [0.15, 0.2) is 18.2 Å². The minimum Gasteiger partial charge on any atom is -0.496 e. The predicted molar refractivity (Wildman–Crippen MR) is 60.0 cm³/mol. The van der Waals surface area contributed by atoms with Crippen molar-refractivity contribution in [2.45, 2.75) is 32.0 Å². The van der Waals surface area contributed by atoms with E-state index in [4.69, 9.17) is 10.5 Å². The topological polar surface area (TPSA) is 35.2 Å². The summed E-state index contributed by atoms with van der Waals surface area (Å²) in [5, 5.41) is 0. The fourth-order valence-electron chi connectivity index (χ4n) is 1.58. The summed E-state index contributed by atoms with van der Waals surface area (Å²) in [6.45, 7) is 3.51. The van der Waals surface area contributed by atoms with Crippen LogP contribution < -0.4 is 10.5 Å². The molecule has 0 fully saturated rings. The molecule has 0 spiro atoms. The fraction of sp³-hybridized carbons (Fsp3) is 0.500. The van der Waals surface area contributed by atoms with Gasteiger partial charge in [-0.3, -0.25) is 0 Å². The molecule has 96 valence electrons. The van der Waals surface area contributed by atoms with Gasteiger partial charge in [-0.15, -0.1) is 0 Å². The van der Waals surface area contributed by atoms with Crippen LogP contribution in [0.4, 0.5) is 13.2 Å². The number of methoxy groups -OCH3 is 1. The molecule has 1 aromatic rings. The van der Waals surface area contributed by atoms with Gasteiger partial charge >= 0.3 is 6.18 Å². The van der Waals surface area contributed by atoms with Crippen molar-refractivity contribution in [3.63, 3.8) is 0 Å². The molecule has 1 rings (SSSR count). The number of benzene rings is 1. The molecule has 17 heavy (non-hydrogen) atoms. The largest absolute Gasteiger partial charge is 0.496 e. The van der Waals surface area contributed by atoms with E-state index in [-0.39, 0.29) is 0 Å². The number of hydrogen-bond donors (Lipinski definition) is 1. The Hall–Kier alpha value is -1.23. The van der Waals surface area contributed by atoms with Gasteiger partial charge in [0.1, 0.15) is 5.75 Å². The quantitative estimate of drug-likeness (QED) is 0.891. The van der Waals surface area contributed by atoms with Gasteiger partial charge in [0, 0.05) is 5.54 Å². The second-order valence-corrected chi connectivity index (χ2v) is 4.69. The number of rotatable bonds is 3. The van der Waals surface area contributed by atoms with Gasteiger partial charge in [-0.1, -0.05) is 0 Å². The number of ether oxygens (including phenoxy) is 1. The molecule has 0 aliphatic rings. The summed E-state index contributed by atoms with van der Waals surface area (Å²) in [6.07, 6.45) is -4.03. The third kappa shape index (κ3) is 3.93. The summed E-state index contributed by atoms with van der Waals surface area (Å²) < 4.78 is 42.7. The Morgan fingerprint density at radius 3 is 2.24 bits per heavy atom. The lowest BCUT2D eigenvalue weighted by molar-refractivity contribution is -0.137. The normalized spacial score (nSPS) is 12.6. The Labute approximate surface area is 98.6 Å². The first-order valence-electron chi connectivity index (χ1n) is 5.16. The van der Waals surface area contributed by atoms with Gasteiger partial charge < -0.3 is 10.5 Å². The molecule has 2 nitrogen and oxygen atoms in total. The van der Waals surface area contributed by atoms with Gasteiger partial charge in [-0.25, -0.2) is 0 Å². The van der Waals surface area contributed by atoms with Gasteiger partial charge in [0.25, 0.3) is 0 Å². The highest BCUT2D eigenvalue weighted by atomic mass is 19.4. The Kier molecular flexibility index (Phi) is 3.71. The smallest absolute Gasteiger partial charge is 0.416 e. The van der Waals surface area contributed by atoms with Gasteiger partial charge in [0.15, 0.2) is 0 Å². The zero-order valence-electron chi connectivity index (χ0n) is 10.1. The predicted octanol–water partition coefficient (Wildman–Crippen LogP) is 2.99. The van der Waals surface area contributed by atoms with Crippen LogP contribution in [-0.2, 0) is 12.6 Å². The number of alkyl halides is 3. The fourth-order valence-corrected chi connectivity index (χ4v) is 1.58. The summed E-state index contributed by atoms with van der Waals surface area (Å²) in [6, 6.07) is 3.42. The molecule has 0 saturated heterocycles. The molecule has 0 amide bonds. The molecule has 2 N–H and O–H groups in total. The van der Waals surface area contributed by atoms with E-state index in [9.17, 15) is 13.2 Å². The summed E-state index contributed by atoms with van der Waals surface area (Å²) in [4.78, 5) is 0. The van der Waals surface area contributed by atoms with Crippen LogP contribution in [0.5, 0.6) is 5.75 Å². The third-order valence-electron chi connectivity index (χ3n) is 2.25. The molecule has 0 aliphatic carbocycles. The van der Waals surface area contributed by atoms with E-state index in [2.05, 4.69) is 0 Å². The van der Waals surface area contributed by atoms with E-state index in [0.717, 1.165) is 12.1 Å². The number of hydrogen-bond acceptors (Lipinski definition) is 2. The van der Waals surface area contributed by atoms with Crippen LogP contribution in [0, 0.1) is 0 Å². The van der Waals surface area contributed by atoms with Crippen LogP contribution in [-0.4, -0.2) is 12.6 Å². The van der Waals surface area contributed by atoms with Gasteiger partial charge in [0.2, 0.25) is 0 Å². The Balaban J connectivity index is 3.16. The first-order chi connectivity index (χ1) is 7.63. The van der Waals surface area contributed by atoms with Crippen molar-refractivity contribution in [2.75, 3.05) is 7.11 Å². The second-order valence-electron chi connectivity index (χ2n) is 4.69. The standard InChI is InChI=1S/C12H16F3NO/c1-11(2,16)7-8-6-9(12(13,14)15)4-5-10(8)17-3/h4-6H,7,16H2,1-3H3. The Morgan fingerprint density at radius 1 is 1.24 bits per heavy atom. The summed E-state index contributed by atoms with van der Waals surface area (Å²) >= 11 is 0. The molecular weight excluding hydrogens is 231 g/mol. The van der Waals surface area contributed by atoms with Crippen molar-refractivity contribution in [2.24, 2.45) is 5.73 Å². The number of nitrogens with two attached hydrogens (primary N) is 1. The zero-order valence-corrected chi connectivity index (χ0v) is 10.1. The summed E-state index contributed by atoms with van der Waals surface area (Å²) in [5.74, 6) is 0.427. The summed E-state index contributed by atoms with van der Waals surface area (Å²) in [5.41, 5.74) is 5.01. The lowest BCUT2D eigenvalue weighted by atomic mass is 9.94. The number of halogens is 3. The molecule has 0 radical (unpaired) electrons. The van der Waals surface area contributed by atoms with Crippen LogP contribution in [0.1, 0.15) is 25.0 Å². The molecule has 0 unspecified atom stereocenters. The average Bonchev–Trinajstić information content (AvgIpc) is 2.13. The lowest BCUT2D eigenvalue weighted by Gasteiger charge is -2.21. The van der Waals surface area contributed by atoms with Crippen LogP contribution in [0.2, 0.25) is 0 Å². The van der Waals surface area contributed by atoms with E-state index in [1.807, 2.05) is 0 Å². The van der Waals surface area contributed by atoms with Crippen LogP contribution >= 0.6 is 0 Å². The second kappa shape index (κ2) is 4.56. The van der Waals surface area contributed by atoms with Crippen molar-refractivity contribution in [3.8, 4) is 5.75 Å². The molecular formula is C12H16F3NO. The lowest BCUT2D eigenvalue weighted by Crippen LogP contribution is -2.34. The zero-order chi connectivity index (χ0) is 13.3. The minimum atomic E-state index is -4.35. The highest BCUT2D eigenvalue weighted by Crippen LogP contribution is 2.33. The molecule has 0 aliphatic heterocycles. The van der Waals surface area contributed by atoms with Crippen molar-refractivity contribution in [3.05, 3.63) is 29.3 Å². The van der Waals surface area contributed by atoms with Crippen molar-refractivity contribution in [1.29, 1.82) is 0 Å². The van der Waals surface area contributed by atoms with E-state index in [1.165, 1.54) is 13.2 Å². The van der Waals surface area contributed by atoms with Crippen molar-refractivity contribution >= 4 is 0 Å². The van der Waals surface area contributed by atoms with Crippen molar-refractivity contribution in [1.82, 2.24) is 0 Å². The Bertz CT molecular complexity index is 394. The minimum absolute atomic E-state index is 0.320. The van der Waals surface area contributed by atoms with E-state index in [1.54, 1.807) is 13.8 Å².